The van der Waals surface area contributed by atoms with Crippen LogP contribution < -0.4 is 0 Å². The zero-order valence-corrected chi connectivity index (χ0v) is 24.0. The lowest BCUT2D eigenvalue weighted by Gasteiger charge is -2.34. The van der Waals surface area contributed by atoms with Gasteiger partial charge in [-0.25, -0.2) is 28.0 Å². The van der Waals surface area contributed by atoms with Crippen LogP contribution in [0, 0.1) is 11.6 Å². The normalized spacial score (nSPS) is 13.5. The number of aliphatic carboxylic acids is 5. The molecule has 45 heavy (non-hydrogen) atoms. The first-order valence-corrected chi connectivity index (χ1v) is 13.3. The summed E-state index contributed by atoms with van der Waals surface area (Å²) in [5.74, 6) is -6.42. The highest BCUT2D eigenvalue weighted by atomic mass is 19.1. The quantitative estimate of drug-likeness (QED) is 0.201. The molecule has 1 fully saturated rings. The standard InChI is InChI=1S/C22H26F2N2O3.2C4H4O4/c23-19-5-1-17(2-6-19)22(18-3-7-20(24)8-4-18)29-16-15-26-13-11-25(12-14-26)10-9-21(27)28;2*5-3(6)1-2-4(7)8/h1-8,22H,9-16H2,(H,27,28);2*1-2H,(H,5,6)(H,7,8)/b;2*2-1+. The number of piperazine rings is 1. The van der Waals surface area contributed by atoms with Gasteiger partial charge in [-0.15, -0.1) is 0 Å². The van der Waals surface area contributed by atoms with Crippen molar-refractivity contribution in [1.29, 1.82) is 0 Å². The lowest BCUT2D eigenvalue weighted by Crippen LogP contribution is -2.47. The van der Waals surface area contributed by atoms with Crippen molar-refractivity contribution in [3.63, 3.8) is 0 Å². The Morgan fingerprint density at radius 2 is 0.956 bits per heavy atom. The molecule has 0 saturated carbocycles. The lowest BCUT2D eigenvalue weighted by atomic mass is 10.0. The Labute approximate surface area is 256 Å². The molecule has 2 aromatic rings. The summed E-state index contributed by atoms with van der Waals surface area (Å²) in [5, 5.41) is 40.0. The van der Waals surface area contributed by atoms with Crippen molar-refractivity contribution in [1.82, 2.24) is 9.80 Å². The van der Waals surface area contributed by atoms with E-state index in [0.29, 0.717) is 37.5 Å². The van der Waals surface area contributed by atoms with Crippen molar-refractivity contribution in [2.45, 2.75) is 12.5 Å². The topological polar surface area (TPSA) is 202 Å². The Hall–Kier alpha value is -4.99. The molecule has 244 valence electrons. The summed E-state index contributed by atoms with van der Waals surface area (Å²) in [7, 11) is 0. The van der Waals surface area contributed by atoms with E-state index in [1.165, 1.54) is 24.3 Å². The molecule has 3 rings (SSSR count). The van der Waals surface area contributed by atoms with Gasteiger partial charge in [-0.1, -0.05) is 24.3 Å². The minimum atomic E-state index is -1.26. The van der Waals surface area contributed by atoms with Crippen LogP contribution in [-0.2, 0) is 28.7 Å². The zero-order chi connectivity index (χ0) is 33.8. The summed E-state index contributed by atoms with van der Waals surface area (Å²) in [5.41, 5.74) is 1.63. The third-order valence-corrected chi connectivity index (χ3v) is 5.88. The van der Waals surface area contributed by atoms with Crippen LogP contribution in [0.15, 0.2) is 72.8 Å². The van der Waals surface area contributed by atoms with Crippen molar-refractivity contribution in [3.8, 4) is 0 Å². The summed E-state index contributed by atoms with van der Waals surface area (Å²) in [6, 6.07) is 12.3. The molecule has 1 heterocycles. The molecule has 0 aromatic heterocycles. The molecule has 0 radical (unpaired) electrons. The second kappa shape index (κ2) is 20.8. The van der Waals surface area contributed by atoms with Crippen LogP contribution in [-0.4, -0.2) is 111 Å². The highest BCUT2D eigenvalue weighted by molar-refractivity contribution is 5.90. The monoisotopic (exact) mass is 636 g/mol. The fourth-order valence-electron chi connectivity index (χ4n) is 3.74. The maximum atomic E-state index is 13.3. The SMILES string of the molecule is O=C(O)/C=C/C(=O)O.O=C(O)/C=C/C(=O)O.O=C(O)CCN1CCN(CCOC(c2ccc(F)cc2)c2ccc(F)cc2)CC1. The molecule has 0 amide bonds. The van der Waals surface area contributed by atoms with Crippen molar-refractivity contribution >= 4 is 29.8 Å². The number of halogens is 2. The van der Waals surface area contributed by atoms with Gasteiger partial charge in [-0.3, -0.25) is 9.69 Å². The van der Waals surface area contributed by atoms with Gasteiger partial charge in [-0.2, -0.15) is 0 Å². The van der Waals surface area contributed by atoms with Gasteiger partial charge in [0.2, 0.25) is 0 Å². The molecular weight excluding hydrogens is 602 g/mol. The first-order chi connectivity index (χ1) is 21.3. The number of carboxylic acids is 5. The van der Waals surface area contributed by atoms with Gasteiger partial charge < -0.3 is 35.2 Å². The van der Waals surface area contributed by atoms with Crippen LogP contribution in [0.4, 0.5) is 8.78 Å². The number of hydrogen-bond acceptors (Lipinski definition) is 8. The molecule has 0 atom stereocenters. The number of rotatable bonds is 13. The molecule has 1 aliphatic rings. The zero-order valence-electron chi connectivity index (χ0n) is 24.0. The number of benzene rings is 2. The summed E-state index contributed by atoms with van der Waals surface area (Å²) in [4.78, 5) is 53.3. The van der Waals surface area contributed by atoms with Gasteiger partial charge in [0.15, 0.2) is 0 Å². The fraction of sp³-hybridized carbons (Fsp3) is 0.300. The highest BCUT2D eigenvalue weighted by Gasteiger charge is 2.19. The summed E-state index contributed by atoms with van der Waals surface area (Å²) in [6.07, 6.45) is 2.00. The fourth-order valence-corrected chi connectivity index (χ4v) is 3.74. The minimum absolute atomic E-state index is 0.167. The van der Waals surface area contributed by atoms with Crippen LogP contribution in [0.25, 0.3) is 0 Å². The van der Waals surface area contributed by atoms with Crippen molar-refractivity contribution < 1.29 is 63.0 Å². The maximum Gasteiger partial charge on any atom is 0.328 e. The van der Waals surface area contributed by atoms with Crippen LogP contribution in [0.2, 0.25) is 0 Å². The van der Waals surface area contributed by atoms with Crippen LogP contribution >= 0.6 is 0 Å². The predicted octanol–water partition coefficient (Wildman–Crippen LogP) is 2.59. The predicted molar refractivity (Wildman–Crippen MR) is 155 cm³/mol. The third-order valence-electron chi connectivity index (χ3n) is 5.88. The molecule has 1 saturated heterocycles. The van der Waals surface area contributed by atoms with E-state index in [1.807, 2.05) is 0 Å². The average molecular weight is 637 g/mol. The largest absolute Gasteiger partial charge is 0.481 e. The van der Waals surface area contributed by atoms with E-state index in [9.17, 15) is 32.8 Å². The van der Waals surface area contributed by atoms with E-state index in [2.05, 4.69) is 9.80 Å². The van der Waals surface area contributed by atoms with Gasteiger partial charge in [0.1, 0.15) is 17.7 Å². The maximum absolute atomic E-state index is 13.3. The van der Waals surface area contributed by atoms with Crippen molar-refractivity contribution in [2.24, 2.45) is 0 Å². The van der Waals surface area contributed by atoms with Gasteiger partial charge >= 0.3 is 29.8 Å². The van der Waals surface area contributed by atoms with Gasteiger partial charge in [0, 0.05) is 63.6 Å². The van der Waals surface area contributed by atoms with Crippen molar-refractivity contribution in [2.75, 3.05) is 45.9 Å². The summed E-state index contributed by atoms with van der Waals surface area (Å²) in [6.45, 7) is 5.21. The molecule has 0 aliphatic carbocycles. The molecule has 13 nitrogen and oxygen atoms in total. The third kappa shape index (κ3) is 18.3. The number of carboxylic acid groups (broad SMARTS) is 5. The van der Waals surface area contributed by atoms with E-state index in [0.717, 1.165) is 43.9 Å². The number of hydrogen-bond donors (Lipinski definition) is 5. The smallest absolute Gasteiger partial charge is 0.328 e. The number of carbonyl (C=O) groups is 5. The average Bonchev–Trinajstić information content (AvgIpc) is 2.99. The highest BCUT2D eigenvalue weighted by Crippen LogP contribution is 2.26. The Kier molecular flexibility index (Phi) is 17.6. The molecule has 5 N–H and O–H groups in total. The summed E-state index contributed by atoms with van der Waals surface area (Å²) >= 11 is 0. The van der Waals surface area contributed by atoms with E-state index in [-0.39, 0.29) is 18.1 Å². The van der Waals surface area contributed by atoms with Gasteiger partial charge in [-0.05, 0) is 35.4 Å². The molecule has 0 spiro atoms. The van der Waals surface area contributed by atoms with E-state index in [4.69, 9.17) is 30.3 Å². The first kappa shape index (κ1) is 38.0. The molecule has 15 heteroatoms. The summed E-state index contributed by atoms with van der Waals surface area (Å²) < 4.78 is 32.7. The van der Waals surface area contributed by atoms with Gasteiger partial charge in [0.25, 0.3) is 0 Å². The second-order valence-electron chi connectivity index (χ2n) is 9.20. The Balaban J connectivity index is 0.000000521. The van der Waals surface area contributed by atoms with Gasteiger partial charge in [0.05, 0.1) is 13.0 Å². The minimum Gasteiger partial charge on any atom is -0.481 e. The number of nitrogens with zero attached hydrogens (tertiary/aromatic N) is 2. The van der Waals surface area contributed by atoms with E-state index >= 15 is 0 Å². The van der Waals surface area contributed by atoms with E-state index < -0.39 is 36.0 Å². The lowest BCUT2D eigenvalue weighted by molar-refractivity contribution is -0.137. The van der Waals surface area contributed by atoms with Crippen LogP contribution in [0.1, 0.15) is 23.7 Å². The first-order valence-electron chi connectivity index (χ1n) is 13.3. The van der Waals surface area contributed by atoms with Crippen LogP contribution in [0.3, 0.4) is 0 Å². The Morgan fingerprint density at radius 1 is 0.622 bits per heavy atom. The molecule has 0 unspecified atom stereocenters. The molecule has 2 aromatic carbocycles. The second-order valence-corrected chi connectivity index (χ2v) is 9.20. The molecule has 0 bridgehead atoms. The number of ether oxygens (including phenoxy) is 1. The molecular formula is C30H34F2N2O11. The van der Waals surface area contributed by atoms with Crippen LogP contribution in [0.5, 0.6) is 0 Å². The van der Waals surface area contributed by atoms with Crippen molar-refractivity contribution in [3.05, 3.63) is 95.6 Å². The molecule has 1 aliphatic heterocycles. The van der Waals surface area contributed by atoms with E-state index in [1.54, 1.807) is 24.3 Å². The Bertz CT molecular complexity index is 1200. The Morgan fingerprint density at radius 3 is 1.27 bits per heavy atom.